The van der Waals surface area contributed by atoms with Crippen molar-refractivity contribution in [3.63, 3.8) is 0 Å². The molecule has 1 saturated heterocycles. The lowest BCUT2D eigenvalue weighted by Gasteiger charge is -2.34. The molecule has 1 unspecified atom stereocenters. The van der Waals surface area contributed by atoms with Gasteiger partial charge in [-0.15, -0.1) is 23.7 Å². The van der Waals surface area contributed by atoms with E-state index in [0.717, 1.165) is 32.5 Å². The van der Waals surface area contributed by atoms with Gasteiger partial charge in [-0.3, -0.25) is 4.79 Å². The van der Waals surface area contributed by atoms with E-state index in [1.165, 1.54) is 9.75 Å². The molecule has 1 amide bonds. The lowest BCUT2D eigenvalue weighted by Crippen LogP contribution is -2.52. The summed E-state index contributed by atoms with van der Waals surface area (Å²) in [5, 5.41) is 3.31. The summed E-state index contributed by atoms with van der Waals surface area (Å²) in [6.07, 6.45) is 2.68. The van der Waals surface area contributed by atoms with Crippen molar-refractivity contribution in [2.75, 3.05) is 19.6 Å². The van der Waals surface area contributed by atoms with Gasteiger partial charge < -0.3 is 10.2 Å². The summed E-state index contributed by atoms with van der Waals surface area (Å²) in [7, 11) is 0. The third-order valence-electron chi connectivity index (χ3n) is 3.43. The van der Waals surface area contributed by atoms with Gasteiger partial charge in [-0.1, -0.05) is 0 Å². The predicted molar refractivity (Wildman–Crippen MR) is 83.3 cm³/mol. The van der Waals surface area contributed by atoms with E-state index >= 15 is 0 Å². The van der Waals surface area contributed by atoms with Gasteiger partial charge in [0.05, 0.1) is 0 Å². The van der Waals surface area contributed by atoms with Crippen LogP contribution in [0.4, 0.5) is 0 Å². The first kappa shape index (κ1) is 16.5. The molecule has 5 heteroatoms. The largest absolute Gasteiger partial charge is 0.337 e. The van der Waals surface area contributed by atoms with E-state index in [4.69, 9.17) is 0 Å². The fourth-order valence-corrected chi connectivity index (χ4v) is 3.32. The predicted octanol–water partition coefficient (Wildman–Crippen LogP) is 2.62. The van der Waals surface area contributed by atoms with Gasteiger partial charge >= 0.3 is 0 Å². The van der Waals surface area contributed by atoms with Gasteiger partial charge in [0.25, 0.3) is 0 Å². The van der Waals surface area contributed by atoms with Crippen molar-refractivity contribution in [2.24, 2.45) is 0 Å². The number of carbonyl (C=O) groups is 1. The Kier molecular flexibility index (Phi) is 6.83. The van der Waals surface area contributed by atoms with E-state index in [1.54, 1.807) is 0 Å². The van der Waals surface area contributed by atoms with Crippen LogP contribution in [0.3, 0.4) is 0 Å². The third-order valence-corrected chi connectivity index (χ3v) is 4.49. The number of nitrogens with zero attached hydrogens (tertiary/aromatic N) is 1. The molecule has 0 saturated carbocycles. The number of hydrogen-bond donors (Lipinski definition) is 1. The van der Waals surface area contributed by atoms with E-state index in [2.05, 4.69) is 31.3 Å². The summed E-state index contributed by atoms with van der Waals surface area (Å²) < 4.78 is 0. The van der Waals surface area contributed by atoms with Gasteiger partial charge in [0.15, 0.2) is 0 Å². The second-order valence-corrected chi connectivity index (χ2v) is 6.38. The molecular formula is C14H23ClN2OS. The minimum absolute atomic E-state index is 0. The Morgan fingerprint density at radius 1 is 1.53 bits per heavy atom. The minimum atomic E-state index is 0. The fraction of sp³-hybridized carbons (Fsp3) is 0.643. The SMILES string of the molecule is Cc1ccc(CCCC(=O)N2CCNCC2C)s1.Cl. The average Bonchev–Trinajstić information content (AvgIpc) is 2.75. The Bertz CT molecular complexity index is 408. The first-order valence-corrected chi connectivity index (χ1v) is 7.54. The molecule has 1 atom stereocenters. The number of rotatable bonds is 4. The summed E-state index contributed by atoms with van der Waals surface area (Å²) in [5.41, 5.74) is 0. The van der Waals surface area contributed by atoms with Crippen LogP contribution in [-0.4, -0.2) is 36.5 Å². The van der Waals surface area contributed by atoms with Crippen molar-refractivity contribution in [2.45, 2.75) is 39.2 Å². The molecule has 3 nitrogen and oxygen atoms in total. The van der Waals surface area contributed by atoms with Crippen LogP contribution >= 0.6 is 23.7 Å². The summed E-state index contributed by atoms with van der Waals surface area (Å²) in [6.45, 7) is 6.96. The van der Waals surface area contributed by atoms with Gasteiger partial charge in [0.2, 0.25) is 5.91 Å². The summed E-state index contributed by atoms with van der Waals surface area (Å²) in [4.78, 5) is 16.9. The zero-order valence-corrected chi connectivity index (χ0v) is 13.3. The van der Waals surface area contributed by atoms with Crippen LogP contribution in [0.2, 0.25) is 0 Å². The Morgan fingerprint density at radius 3 is 2.95 bits per heavy atom. The van der Waals surface area contributed by atoms with E-state index in [1.807, 2.05) is 16.2 Å². The number of amides is 1. The van der Waals surface area contributed by atoms with Crippen LogP contribution in [0.1, 0.15) is 29.5 Å². The molecule has 108 valence electrons. The molecule has 0 bridgehead atoms. The Hall–Kier alpha value is -0.580. The van der Waals surface area contributed by atoms with E-state index in [-0.39, 0.29) is 12.4 Å². The number of hydrogen-bond acceptors (Lipinski definition) is 3. The Balaban J connectivity index is 0.00000180. The molecule has 1 fully saturated rings. The quantitative estimate of drug-likeness (QED) is 0.927. The Morgan fingerprint density at radius 2 is 2.32 bits per heavy atom. The van der Waals surface area contributed by atoms with Crippen LogP contribution in [-0.2, 0) is 11.2 Å². The van der Waals surface area contributed by atoms with Crippen LogP contribution < -0.4 is 5.32 Å². The Labute approximate surface area is 125 Å². The lowest BCUT2D eigenvalue weighted by atomic mass is 10.1. The topological polar surface area (TPSA) is 32.3 Å². The maximum Gasteiger partial charge on any atom is 0.222 e. The lowest BCUT2D eigenvalue weighted by molar-refractivity contribution is -0.134. The van der Waals surface area contributed by atoms with Gasteiger partial charge in [-0.25, -0.2) is 0 Å². The third kappa shape index (κ3) is 4.79. The van der Waals surface area contributed by atoms with Crippen molar-refractivity contribution in [3.8, 4) is 0 Å². The minimum Gasteiger partial charge on any atom is -0.337 e. The highest BCUT2D eigenvalue weighted by Crippen LogP contribution is 2.17. The number of nitrogens with one attached hydrogen (secondary N) is 1. The monoisotopic (exact) mass is 302 g/mol. The molecular weight excluding hydrogens is 280 g/mol. The standard InChI is InChI=1S/C14H22N2OS.ClH/c1-11-10-15-8-9-16(11)14(17)5-3-4-13-7-6-12(2)18-13;/h6-7,11,15H,3-5,8-10H2,1-2H3;1H. The van der Waals surface area contributed by atoms with Crippen molar-refractivity contribution in [1.82, 2.24) is 10.2 Å². The molecule has 2 heterocycles. The van der Waals surface area contributed by atoms with Gasteiger partial charge in [-0.2, -0.15) is 0 Å². The molecule has 0 radical (unpaired) electrons. The molecule has 1 N–H and O–H groups in total. The summed E-state index contributed by atoms with van der Waals surface area (Å²) in [6, 6.07) is 4.67. The zero-order valence-electron chi connectivity index (χ0n) is 11.6. The molecule has 1 aliphatic rings. The smallest absolute Gasteiger partial charge is 0.222 e. The van der Waals surface area contributed by atoms with E-state index in [9.17, 15) is 4.79 Å². The summed E-state index contributed by atoms with van der Waals surface area (Å²) >= 11 is 1.84. The first-order valence-electron chi connectivity index (χ1n) is 6.72. The highest BCUT2D eigenvalue weighted by Gasteiger charge is 2.22. The molecule has 0 spiro atoms. The zero-order chi connectivity index (χ0) is 13.0. The fourth-order valence-electron chi connectivity index (χ4n) is 2.39. The van der Waals surface area contributed by atoms with Crippen LogP contribution in [0.5, 0.6) is 0 Å². The molecule has 0 aliphatic carbocycles. The molecule has 0 aromatic carbocycles. The van der Waals surface area contributed by atoms with Crippen molar-refractivity contribution in [3.05, 3.63) is 21.9 Å². The van der Waals surface area contributed by atoms with E-state index < -0.39 is 0 Å². The number of aryl methyl sites for hydroxylation is 2. The molecule has 2 rings (SSSR count). The van der Waals surface area contributed by atoms with Crippen LogP contribution in [0.15, 0.2) is 12.1 Å². The van der Waals surface area contributed by atoms with E-state index in [0.29, 0.717) is 18.4 Å². The van der Waals surface area contributed by atoms with Gasteiger partial charge in [0.1, 0.15) is 0 Å². The van der Waals surface area contributed by atoms with Gasteiger partial charge in [-0.05, 0) is 38.8 Å². The maximum absolute atomic E-state index is 12.1. The number of thiophene rings is 1. The van der Waals surface area contributed by atoms with Crippen molar-refractivity contribution in [1.29, 1.82) is 0 Å². The second-order valence-electron chi connectivity index (χ2n) is 5.01. The molecule has 19 heavy (non-hydrogen) atoms. The molecule has 1 aromatic rings. The summed E-state index contributed by atoms with van der Waals surface area (Å²) in [5.74, 6) is 0.317. The number of halogens is 1. The molecule has 1 aromatic heterocycles. The number of carbonyl (C=O) groups excluding carboxylic acids is 1. The number of piperazine rings is 1. The highest BCUT2D eigenvalue weighted by atomic mass is 35.5. The average molecular weight is 303 g/mol. The molecule has 1 aliphatic heterocycles. The highest BCUT2D eigenvalue weighted by molar-refractivity contribution is 7.11. The van der Waals surface area contributed by atoms with Crippen molar-refractivity contribution < 1.29 is 4.79 Å². The second kappa shape index (κ2) is 7.88. The van der Waals surface area contributed by atoms with Crippen LogP contribution in [0.25, 0.3) is 0 Å². The van der Waals surface area contributed by atoms with Gasteiger partial charge in [0, 0.05) is 41.9 Å². The normalized spacial score (nSPS) is 19.1. The first-order chi connectivity index (χ1) is 8.66. The van der Waals surface area contributed by atoms with Crippen molar-refractivity contribution >= 4 is 29.7 Å². The van der Waals surface area contributed by atoms with Crippen LogP contribution in [0, 0.1) is 6.92 Å². The maximum atomic E-state index is 12.1.